The van der Waals surface area contributed by atoms with Gasteiger partial charge >= 0.3 is 0 Å². The zero-order chi connectivity index (χ0) is 27.9. The first-order valence-corrected chi connectivity index (χ1v) is 15.5. The molecule has 0 aromatic heterocycles. The van der Waals surface area contributed by atoms with Crippen molar-refractivity contribution in [1.29, 1.82) is 0 Å². The topological polar surface area (TPSA) is 57.5 Å². The third kappa shape index (κ3) is 13.8. The van der Waals surface area contributed by atoms with Crippen LogP contribution in [0.15, 0.2) is 12.1 Å². The molecule has 1 aromatic carbocycles. The van der Waals surface area contributed by atoms with Crippen LogP contribution in [0.2, 0.25) is 0 Å². The number of Topliss-reactive ketones (excluding diaryl/α,β-unsaturated/α-hetero) is 1. The molecule has 1 unspecified atom stereocenters. The fraction of sp³-hybridized carbons (Fsp3) is 0.794. The van der Waals surface area contributed by atoms with Gasteiger partial charge in [0.2, 0.25) is 0 Å². The second-order valence-corrected chi connectivity index (χ2v) is 13.4. The highest BCUT2D eigenvalue weighted by molar-refractivity contribution is 5.96. The number of phenols is 1. The van der Waals surface area contributed by atoms with E-state index >= 15 is 0 Å². The van der Waals surface area contributed by atoms with Gasteiger partial charge in [0.05, 0.1) is 6.10 Å². The molecule has 0 radical (unpaired) electrons. The van der Waals surface area contributed by atoms with Crippen LogP contribution in [0.4, 0.5) is 0 Å². The molecule has 0 saturated carbocycles. The number of aliphatic hydroxyl groups excluding tert-OH is 1. The monoisotopic (exact) mass is 516 g/mol. The summed E-state index contributed by atoms with van der Waals surface area (Å²) in [6.45, 7) is 14.6. The summed E-state index contributed by atoms with van der Waals surface area (Å²) in [7, 11) is 0. The van der Waals surface area contributed by atoms with Gasteiger partial charge in [-0.05, 0) is 42.2 Å². The van der Waals surface area contributed by atoms with Gasteiger partial charge in [-0.1, -0.05) is 132 Å². The predicted molar refractivity (Wildman–Crippen MR) is 160 cm³/mol. The Morgan fingerprint density at radius 3 is 1.38 bits per heavy atom. The molecule has 1 rings (SSSR count). The number of unbranched alkanes of at least 4 members (excludes halogenated alkanes) is 13. The molecule has 0 saturated heterocycles. The molecule has 0 aliphatic carbocycles. The van der Waals surface area contributed by atoms with Crippen molar-refractivity contribution in [3.05, 3.63) is 28.8 Å². The maximum Gasteiger partial charge on any atom is 0.162 e. The Hall–Kier alpha value is -1.35. The second-order valence-electron chi connectivity index (χ2n) is 13.4. The van der Waals surface area contributed by atoms with E-state index in [1.54, 1.807) is 0 Å². The van der Waals surface area contributed by atoms with Crippen LogP contribution < -0.4 is 0 Å². The number of hydrogen-bond acceptors (Lipinski definition) is 3. The van der Waals surface area contributed by atoms with Crippen LogP contribution in [0.25, 0.3) is 0 Å². The zero-order valence-corrected chi connectivity index (χ0v) is 25.6. The molecule has 1 atom stereocenters. The molecular formula is C34H60O3. The van der Waals surface area contributed by atoms with E-state index < -0.39 is 0 Å². The molecule has 0 aliphatic heterocycles. The summed E-state index contributed by atoms with van der Waals surface area (Å²) in [6.07, 6.45) is 20.2. The molecule has 214 valence electrons. The van der Waals surface area contributed by atoms with Crippen LogP contribution in [-0.4, -0.2) is 22.1 Å². The summed E-state index contributed by atoms with van der Waals surface area (Å²) in [5.74, 6) is 0.547. The van der Waals surface area contributed by atoms with Crippen molar-refractivity contribution in [2.24, 2.45) is 0 Å². The average Bonchev–Trinajstić information content (AvgIpc) is 2.81. The molecule has 1 aromatic rings. The van der Waals surface area contributed by atoms with Crippen LogP contribution in [0.1, 0.15) is 179 Å². The molecule has 0 heterocycles. The minimum absolute atomic E-state index is 0.0863. The number of carbonyl (C=O) groups is 1. The van der Waals surface area contributed by atoms with Gasteiger partial charge in [0.15, 0.2) is 5.78 Å². The SMILES string of the molecule is CCC(O)CCCCCCCCCCCCCCCCC(=O)c1cc(C(C)(C)C)c(O)c(C(C)(C)C)c1. The van der Waals surface area contributed by atoms with Gasteiger partial charge in [0, 0.05) is 23.1 Å². The Labute approximate surface area is 229 Å². The Balaban J connectivity index is 2.18. The Morgan fingerprint density at radius 1 is 0.676 bits per heavy atom. The van der Waals surface area contributed by atoms with E-state index in [1.165, 1.54) is 77.0 Å². The lowest BCUT2D eigenvalue weighted by atomic mass is 9.78. The van der Waals surface area contributed by atoms with Crippen LogP contribution in [-0.2, 0) is 10.8 Å². The summed E-state index contributed by atoms with van der Waals surface area (Å²) < 4.78 is 0. The standard InChI is InChI=1S/C34H60O3/c1-8-28(35)23-21-19-17-15-13-11-9-10-12-14-16-18-20-22-24-31(36)27-25-29(33(2,3)4)32(37)30(26-27)34(5,6)7/h25-26,28,35,37H,8-24H2,1-7H3. The van der Waals surface area contributed by atoms with Crippen LogP contribution in [0.5, 0.6) is 5.75 Å². The molecule has 2 N–H and O–H groups in total. The van der Waals surface area contributed by atoms with E-state index in [9.17, 15) is 15.0 Å². The van der Waals surface area contributed by atoms with Crippen molar-refractivity contribution in [2.45, 2.75) is 175 Å². The third-order valence-electron chi connectivity index (χ3n) is 7.71. The first-order chi connectivity index (χ1) is 17.4. The maximum absolute atomic E-state index is 13.0. The highest BCUT2D eigenvalue weighted by atomic mass is 16.3. The fourth-order valence-corrected chi connectivity index (χ4v) is 5.07. The van der Waals surface area contributed by atoms with Gasteiger partial charge in [0.25, 0.3) is 0 Å². The van der Waals surface area contributed by atoms with Gasteiger partial charge in [-0.15, -0.1) is 0 Å². The number of rotatable bonds is 19. The predicted octanol–water partition coefficient (Wildman–Crippen LogP) is 10.2. The first-order valence-electron chi connectivity index (χ1n) is 15.5. The van der Waals surface area contributed by atoms with Crippen molar-refractivity contribution in [2.75, 3.05) is 0 Å². The highest BCUT2D eigenvalue weighted by Crippen LogP contribution is 2.40. The van der Waals surface area contributed by atoms with Gasteiger partial charge < -0.3 is 10.2 Å². The van der Waals surface area contributed by atoms with Crippen molar-refractivity contribution < 1.29 is 15.0 Å². The number of aliphatic hydroxyl groups is 1. The summed E-state index contributed by atoms with van der Waals surface area (Å²) in [6, 6.07) is 3.84. The number of ketones is 1. The first kappa shape index (κ1) is 33.7. The number of carbonyl (C=O) groups excluding carboxylic acids is 1. The summed E-state index contributed by atoms with van der Waals surface area (Å²) in [5.41, 5.74) is 2.07. The van der Waals surface area contributed by atoms with Gasteiger partial charge in [0.1, 0.15) is 5.75 Å². The quantitative estimate of drug-likeness (QED) is 0.142. The lowest BCUT2D eigenvalue weighted by Crippen LogP contribution is -2.18. The van der Waals surface area contributed by atoms with Crippen molar-refractivity contribution in [1.82, 2.24) is 0 Å². The lowest BCUT2D eigenvalue weighted by Gasteiger charge is -2.28. The maximum atomic E-state index is 13.0. The van der Waals surface area contributed by atoms with Gasteiger partial charge in [-0.2, -0.15) is 0 Å². The smallest absolute Gasteiger partial charge is 0.162 e. The van der Waals surface area contributed by atoms with E-state index in [0.29, 0.717) is 12.2 Å². The van der Waals surface area contributed by atoms with E-state index in [-0.39, 0.29) is 22.7 Å². The molecule has 0 bridgehead atoms. The van der Waals surface area contributed by atoms with Crippen molar-refractivity contribution in [3.63, 3.8) is 0 Å². The molecular weight excluding hydrogens is 456 g/mol. The molecule has 0 fully saturated rings. The van der Waals surface area contributed by atoms with E-state index in [0.717, 1.165) is 42.4 Å². The number of benzene rings is 1. The fourth-order valence-electron chi connectivity index (χ4n) is 5.07. The second kappa shape index (κ2) is 17.3. The Bertz CT molecular complexity index is 731. The van der Waals surface area contributed by atoms with E-state index in [1.807, 2.05) is 12.1 Å². The van der Waals surface area contributed by atoms with Crippen molar-refractivity contribution in [3.8, 4) is 5.75 Å². The van der Waals surface area contributed by atoms with E-state index in [2.05, 4.69) is 48.5 Å². The number of phenolic OH excluding ortho intramolecular Hbond substituents is 1. The summed E-state index contributed by atoms with van der Waals surface area (Å²) >= 11 is 0. The third-order valence-corrected chi connectivity index (χ3v) is 7.71. The Kier molecular flexibility index (Phi) is 15.7. The Morgan fingerprint density at radius 2 is 1.03 bits per heavy atom. The van der Waals surface area contributed by atoms with E-state index in [4.69, 9.17) is 0 Å². The number of hydrogen-bond donors (Lipinski definition) is 2. The van der Waals surface area contributed by atoms with Crippen LogP contribution in [0, 0.1) is 0 Å². The van der Waals surface area contributed by atoms with Gasteiger partial charge in [-0.25, -0.2) is 0 Å². The molecule has 3 heteroatoms. The normalized spacial score (nSPS) is 13.2. The average molecular weight is 517 g/mol. The van der Waals surface area contributed by atoms with Gasteiger partial charge in [-0.3, -0.25) is 4.79 Å². The minimum Gasteiger partial charge on any atom is -0.507 e. The molecule has 37 heavy (non-hydrogen) atoms. The largest absolute Gasteiger partial charge is 0.507 e. The van der Waals surface area contributed by atoms with Crippen LogP contribution in [0.3, 0.4) is 0 Å². The minimum atomic E-state index is -0.209. The summed E-state index contributed by atoms with van der Waals surface area (Å²) in [4.78, 5) is 13.0. The molecule has 0 amide bonds. The highest BCUT2D eigenvalue weighted by Gasteiger charge is 2.27. The molecule has 0 spiro atoms. The zero-order valence-electron chi connectivity index (χ0n) is 25.6. The molecule has 3 nitrogen and oxygen atoms in total. The lowest BCUT2D eigenvalue weighted by molar-refractivity contribution is 0.0978. The number of aromatic hydroxyl groups is 1. The van der Waals surface area contributed by atoms with Crippen molar-refractivity contribution >= 4 is 5.78 Å². The summed E-state index contributed by atoms with van der Waals surface area (Å²) in [5, 5.41) is 20.5. The van der Waals surface area contributed by atoms with Crippen LogP contribution >= 0.6 is 0 Å². The molecule has 0 aliphatic rings.